The Morgan fingerprint density at radius 2 is 1.86 bits per heavy atom. The molecule has 0 radical (unpaired) electrons. The lowest BCUT2D eigenvalue weighted by molar-refractivity contribution is -0.140. The van der Waals surface area contributed by atoms with Crippen molar-refractivity contribution >= 4 is 23.5 Å². The number of benzene rings is 1. The van der Waals surface area contributed by atoms with E-state index in [4.69, 9.17) is 11.6 Å². The lowest BCUT2D eigenvalue weighted by Crippen LogP contribution is -2.37. The van der Waals surface area contributed by atoms with Gasteiger partial charge in [0.2, 0.25) is 17.7 Å². The predicted molar refractivity (Wildman–Crippen MR) is 126 cm³/mol. The first-order chi connectivity index (χ1) is 17.0. The number of fused-ring (bicyclic) bond motifs is 1. The van der Waals surface area contributed by atoms with Crippen LogP contribution in [-0.2, 0) is 31.1 Å². The fourth-order valence-electron chi connectivity index (χ4n) is 4.15. The van der Waals surface area contributed by atoms with E-state index in [-0.39, 0.29) is 30.7 Å². The van der Waals surface area contributed by atoms with E-state index in [1.807, 2.05) is 13.8 Å². The fourth-order valence-corrected chi connectivity index (χ4v) is 4.36. The Morgan fingerprint density at radius 1 is 1.14 bits per heavy atom. The van der Waals surface area contributed by atoms with E-state index < -0.39 is 11.9 Å². The van der Waals surface area contributed by atoms with Crippen LogP contribution in [0.25, 0.3) is 22.9 Å². The number of carbonyl (C=O) groups is 1. The molecule has 13 heteroatoms. The third-order valence-electron chi connectivity index (χ3n) is 5.90. The predicted octanol–water partition coefficient (Wildman–Crippen LogP) is 4.73. The number of aryl methyl sites for hydroxylation is 2. The SMILES string of the molecule is CC(C)n1ncc(Cl)c1-c1nc2n(n1)CCC(=O)N2Cc1ccc(-c2nc(C(F)(F)F)cn2C)cc1. The van der Waals surface area contributed by atoms with Crippen LogP contribution in [0.15, 0.2) is 36.7 Å². The molecule has 0 atom stereocenters. The van der Waals surface area contributed by atoms with Crippen molar-refractivity contribution in [3.05, 3.63) is 52.9 Å². The zero-order chi connectivity index (χ0) is 25.8. The summed E-state index contributed by atoms with van der Waals surface area (Å²) in [5, 5.41) is 9.29. The zero-order valence-electron chi connectivity index (χ0n) is 19.7. The van der Waals surface area contributed by atoms with Crippen molar-refractivity contribution < 1.29 is 18.0 Å². The molecule has 4 heterocycles. The number of amides is 1. The van der Waals surface area contributed by atoms with E-state index in [0.717, 1.165) is 11.8 Å². The van der Waals surface area contributed by atoms with Gasteiger partial charge in [-0.25, -0.2) is 9.67 Å². The average molecular weight is 519 g/mol. The lowest BCUT2D eigenvalue weighted by Gasteiger charge is -2.26. The smallest absolute Gasteiger partial charge is 0.333 e. The highest BCUT2D eigenvalue weighted by Crippen LogP contribution is 2.32. The van der Waals surface area contributed by atoms with E-state index in [9.17, 15) is 18.0 Å². The molecule has 36 heavy (non-hydrogen) atoms. The summed E-state index contributed by atoms with van der Waals surface area (Å²) in [6.45, 7) is 4.56. The number of anilines is 1. The maximum Gasteiger partial charge on any atom is 0.434 e. The lowest BCUT2D eigenvalue weighted by atomic mass is 10.1. The number of hydrogen-bond acceptors (Lipinski definition) is 5. The average Bonchev–Trinajstić information content (AvgIpc) is 3.52. The Hall–Kier alpha value is -3.67. The van der Waals surface area contributed by atoms with Crippen LogP contribution in [0.4, 0.5) is 19.1 Å². The van der Waals surface area contributed by atoms with E-state index in [0.29, 0.717) is 34.6 Å². The van der Waals surface area contributed by atoms with E-state index in [1.165, 1.54) is 11.6 Å². The molecule has 1 aliphatic rings. The molecule has 1 aromatic carbocycles. The summed E-state index contributed by atoms with van der Waals surface area (Å²) >= 11 is 6.36. The second kappa shape index (κ2) is 8.77. The third-order valence-corrected chi connectivity index (χ3v) is 6.18. The molecular weight excluding hydrogens is 497 g/mol. The highest BCUT2D eigenvalue weighted by Gasteiger charge is 2.34. The Labute approximate surface area is 209 Å². The number of alkyl halides is 3. The molecule has 3 aromatic heterocycles. The molecule has 0 saturated heterocycles. The molecular formula is C23H22ClF3N8O. The molecule has 5 rings (SSSR count). The molecule has 0 spiro atoms. The summed E-state index contributed by atoms with van der Waals surface area (Å²) in [4.78, 5) is 22.7. The number of imidazole rings is 1. The van der Waals surface area contributed by atoms with Gasteiger partial charge in [-0.3, -0.25) is 14.4 Å². The van der Waals surface area contributed by atoms with Crippen LogP contribution in [0, 0.1) is 0 Å². The van der Waals surface area contributed by atoms with Crippen LogP contribution in [0.2, 0.25) is 5.02 Å². The topological polar surface area (TPSA) is 86.7 Å². The molecule has 0 aliphatic carbocycles. The molecule has 1 amide bonds. The van der Waals surface area contributed by atoms with Crippen molar-refractivity contribution in [3.8, 4) is 22.9 Å². The number of rotatable bonds is 5. The molecule has 4 aromatic rings. The highest BCUT2D eigenvalue weighted by atomic mass is 35.5. The highest BCUT2D eigenvalue weighted by molar-refractivity contribution is 6.32. The van der Waals surface area contributed by atoms with Crippen LogP contribution in [0.3, 0.4) is 0 Å². The summed E-state index contributed by atoms with van der Waals surface area (Å²) < 4.78 is 43.8. The minimum atomic E-state index is -4.52. The van der Waals surface area contributed by atoms with Crippen molar-refractivity contribution in [3.63, 3.8) is 0 Å². The van der Waals surface area contributed by atoms with E-state index in [2.05, 4.69) is 20.2 Å². The van der Waals surface area contributed by atoms with E-state index >= 15 is 0 Å². The second-order valence-electron chi connectivity index (χ2n) is 8.82. The van der Waals surface area contributed by atoms with Crippen molar-refractivity contribution in [2.75, 3.05) is 4.90 Å². The third kappa shape index (κ3) is 4.25. The number of nitrogens with zero attached hydrogens (tertiary/aromatic N) is 8. The van der Waals surface area contributed by atoms with Gasteiger partial charge >= 0.3 is 6.18 Å². The molecule has 1 aliphatic heterocycles. The molecule has 0 N–H and O–H groups in total. The van der Waals surface area contributed by atoms with Gasteiger partial charge in [0, 0.05) is 31.3 Å². The summed E-state index contributed by atoms with van der Waals surface area (Å²) in [6.07, 6.45) is -1.76. The molecule has 0 fully saturated rings. The minimum absolute atomic E-state index is 0.0372. The maximum absolute atomic E-state index is 13.0. The van der Waals surface area contributed by atoms with Crippen LogP contribution >= 0.6 is 11.6 Å². The normalized spacial score (nSPS) is 14.1. The number of aromatic nitrogens is 7. The van der Waals surface area contributed by atoms with Gasteiger partial charge in [0.1, 0.15) is 11.5 Å². The number of halogens is 4. The maximum atomic E-state index is 13.0. The van der Waals surface area contributed by atoms with Crippen molar-refractivity contribution in [2.24, 2.45) is 7.05 Å². The summed E-state index contributed by atoms with van der Waals surface area (Å²) in [5.74, 6) is 0.877. The van der Waals surface area contributed by atoms with Crippen molar-refractivity contribution in [1.29, 1.82) is 0 Å². The van der Waals surface area contributed by atoms with Gasteiger partial charge in [-0.1, -0.05) is 35.9 Å². The fraction of sp³-hybridized carbons (Fsp3) is 0.348. The van der Waals surface area contributed by atoms with Crippen molar-refractivity contribution in [2.45, 2.75) is 45.6 Å². The Kier molecular flexibility index (Phi) is 5.86. The Morgan fingerprint density at radius 3 is 2.50 bits per heavy atom. The van der Waals surface area contributed by atoms with Gasteiger partial charge < -0.3 is 4.57 Å². The van der Waals surface area contributed by atoms with Crippen LogP contribution < -0.4 is 4.90 Å². The standard InChI is InChI=1S/C23H22ClF3N8O/c1-13(2)35-19(16(24)10-28-35)20-30-22-33(18(36)8-9-34(22)31-20)11-14-4-6-15(7-5-14)21-29-17(12-32(21)3)23(25,26)27/h4-7,10,12-13H,8-9,11H2,1-3H3. The number of hydrogen-bond donors (Lipinski definition) is 0. The first-order valence-electron chi connectivity index (χ1n) is 11.2. The molecule has 9 nitrogen and oxygen atoms in total. The molecule has 0 bridgehead atoms. The van der Waals surface area contributed by atoms with Gasteiger partial charge in [-0.05, 0) is 19.4 Å². The zero-order valence-corrected chi connectivity index (χ0v) is 20.4. The van der Waals surface area contributed by atoms with Gasteiger partial charge in [-0.2, -0.15) is 23.3 Å². The first-order valence-corrected chi connectivity index (χ1v) is 11.6. The first kappa shape index (κ1) is 24.0. The summed E-state index contributed by atoms with van der Waals surface area (Å²) in [6, 6.07) is 6.92. The molecule has 188 valence electrons. The Balaban J connectivity index is 1.42. The van der Waals surface area contributed by atoms with Gasteiger partial charge in [0.15, 0.2) is 5.69 Å². The van der Waals surface area contributed by atoms with Gasteiger partial charge in [0.05, 0.1) is 24.3 Å². The second-order valence-corrected chi connectivity index (χ2v) is 9.23. The van der Waals surface area contributed by atoms with Crippen LogP contribution in [-0.4, -0.2) is 40.0 Å². The summed E-state index contributed by atoms with van der Waals surface area (Å²) in [5.41, 5.74) is 0.944. The molecule has 0 unspecified atom stereocenters. The summed E-state index contributed by atoms with van der Waals surface area (Å²) in [7, 11) is 1.51. The van der Waals surface area contributed by atoms with Crippen molar-refractivity contribution in [1.82, 2.24) is 34.1 Å². The van der Waals surface area contributed by atoms with Crippen LogP contribution in [0.5, 0.6) is 0 Å². The van der Waals surface area contributed by atoms with E-state index in [1.54, 1.807) is 44.7 Å². The van der Waals surface area contributed by atoms with Gasteiger partial charge in [-0.15, -0.1) is 5.10 Å². The monoisotopic (exact) mass is 518 g/mol. The number of carbonyl (C=O) groups excluding carboxylic acids is 1. The minimum Gasteiger partial charge on any atom is -0.333 e. The molecule has 0 saturated carbocycles. The Bertz CT molecular complexity index is 1430. The quantitative estimate of drug-likeness (QED) is 0.381. The van der Waals surface area contributed by atoms with Gasteiger partial charge in [0.25, 0.3) is 0 Å². The largest absolute Gasteiger partial charge is 0.434 e. The van der Waals surface area contributed by atoms with Crippen LogP contribution in [0.1, 0.15) is 37.6 Å².